The highest BCUT2D eigenvalue weighted by atomic mass is 14.5. The van der Waals surface area contributed by atoms with Crippen LogP contribution in [0.1, 0.15) is 34.7 Å². The van der Waals surface area contributed by atoms with Gasteiger partial charge in [0.2, 0.25) is 0 Å². The zero-order chi connectivity index (χ0) is 20.4. The standard InChI is InChI=1S/C28H25N/c1-4-11-24-23(5-2)28(26-15-10-9-14-25(24)26)27(20-12-7-6-8-13-20)21-16-19(3)17-22(29)18-21/h4-18H,1,29H2,2-3H3/b23-5+,24-11+,28-27-. The second-order valence-electron chi connectivity index (χ2n) is 7.31. The van der Waals surface area contributed by atoms with Crippen LogP contribution in [-0.4, -0.2) is 0 Å². The summed E-state index contributed by atoms with van der Waals surface area (Å²) in [6, 6.07) is 25.5. The van der Waals surface area contributed by atoms with E-state index in [4.69, 9.17) is 5.73 Å². The molecule has 0 aromatic heterocycles. The van der Waals surface area contributed by atoms with Crippen molar-refractivity contribution in [2.24, 2.45) is 0 Å². The maximum atomic E-state index is 6.25. The molecule has 0 aliphatic heterocycles. The summed E-state index contributed by atoms with van der Waals surface area (Å²) in [7, 11) is 0. The average molecular weight is 376 g/mol. The first-order valence-corrected chi connectivity index (χ1v) is 9.91. The van der Waals surface area contributed by atoms with Gasteiger partial charge in [-0.3, -0.25) is 0 Å². The minimum Gasteiger partial charge on any atom is -0.399 e. The zero-order valence-corrected chi connectivity index (χ0v) is 16.9. The van der Waals surface area contributed by atoms with Crippen molar-refractivity contribution in [1.29, 1.82) is 0 Å². The summed E-state index contributed by atoms with van der Waals surface area (Å²) in [6.45, 7) is 8.13. The van der Waals surface area contributed by atoms with E-state index in [-0.39, 0.29) is 0 Å². The highest BCUT2D eigenvalue weighted by Gasteiger charge is 2.29. The fraction of sp³-hybridized carbons (Fsp3) is 0.0714. The van der Waals surface area contributed by atoms with Gasteiger partial charge in [-0.2, -0.15) is 0 Å². The SMILES string of the molecule is C=C\C=C1C(=C\C)/C(=C(\c2ccccc2)c2cc(C)cc(N)c2)c2ccccc2/1. The largest absolute Gasteiger partial charge is 0.399 e. The van der Waals surface area contributed by atoms with Crippen LogP contribution >= 0.6 is 0 Å². The fourth-order valence-corrected chi connectivity index (χ4v) is 4.24. The van der Waals surface area contributed by atoms with Crippen LogP contribution in [0.25, 0.3) is 16.7 Å². The van der Waals surface area contributed by atoms with E-state index in [0.29, 0.717) is 0 Å². The van der Waals surface area contributed by atoms with Crippen molar-refractivity contribution < 1.29 is 0 Å². The second-order valence-corrected chi connectivity index (χ2v) is 7.31. The van der Waals surface area contributed by atoms with E-state index in [0.717, 1.165) is 16.8 Å². The Hall–Kier alpha value is -3.58. The number of fused-ring (bicyclic) bond motifs is 1. The van der Waals surface area contributed by atoms with E-state index in [1.54, 1.807) is 0 Å². The lowest BCUT2D eigenvalue weighted by molar-refractivity contribution is 1.44. The van der Waals surface area contributed by atoms with E-state index < -0.39 is 0 Å². The van der Waals surface area contributed by atoms with Crippen molar-refractivity contribution in [1.82, 2.24) is 0 Å². The number of hydrogen-bond donors (Lipinski definition) is 1. The van der Waals surface area contributed by atoms with Gasteiger partial charge < -0.3 is 5.73 Å². The first-order valence-electron chi connectivity index (χ1n) is 9.91. The van der Waals surface area contributed by atoms with Crippen molar-refractivity contribution in [2.75, 3.05) is 5.73 Å². The van der Waals surface area contributed by atoms with E-state index in [1.807, 2.05) is 12.1 Å². The molecule has 0 amide bonds. The maximum absolute atomic E-state index is 6.25. The molecule has 0 heterocycles. The number of hydrogen-bond acceptors (Lipinski definition) is 1. The molecule has 0 saturated heterocycles. The van der Waals surface area contributed by atoms with Crippen LogP contribution in [0.5, 0.6) is 0 Å². The van der Waals surface area contributed by atoms with Gasteiger partial charge >= 0.3 is 0 Å². The summed E-state index contributed by atoms with van der Waals surface area (Å²) in [5, 5.41) is 0. The Morgan fingerprint density at radius 1 is 0.828 bits per heavy atom. The summed E-state index contributed by atoms with van der Waals surface area (Å²) >= 11 is 0. The molecule has 4 rings (SSSR count). The van der Waals surface area contributed by atoms with Gasteiger partial charge in [-0.1, -0.05) is 85.5 Å². The lowest BCUT2D eigenvalue weighted by Crippen LogP contribution is -1.97. The number of aryl methyl sites for hydroxylation is 1. The van der Waals surface area contributed by atoms with E-state index >= 15 is 0 Å². The topological polar surface area (TPSA) is 26.0 Å². The number of nitrogen functional groups attached to an aromatic ring is 1. The minimum absolute atomic E-state index is 0.782. The molecule has 2 N–H and O–H groups in total. The van der Waals surface area contributed by atoms with Crippen LogP contribution in [-0.2, 0) is 0 Å². The molecule has 0 bridgehead atoms. The summed E-state index contributed by atoms with van der Waals surface area (Å²) in [5.41, 5.74) is 17.9. The molecule has 1 nitrogen and oxygen atoms in total. The van der Waals surface area contributed by atoms with Crippen molar-refractivity contribution in [3.8, 4) is 0 Å². The number of anilines is 1. The molecule has 29 heavy (non-hydrogen) atoms. The molecule has 142 valence electrons. The third-order valence-corrected chi connectivity index (χ3v) is 5.32. The van der Waals surface area contributed by atoms with Gasteiger partial charge in [0.15, 0.2) is 0 Å². The Balaban J connectivity index is 2.16. The van der Waals surface area contributed by atoms with Crippen molar-refractivity contribution in [3.63, 3.8) is 0 Å². The van der Waals surface area contributed by atoms with Gasteiger partial charge in [0.25, 0.3) is 0 Å². The smallest absolute Gasteiger partial charge is 0.0322 e. The number of nitrogens with two attached hydrogens (primary N) is 1. The van der Waals surface area contributed by atoms with Gasteiger partial charge in [0.05, 0.1) is 0 Å². The molecule has 3 aromatic carbocycles. The molecular formula is C28H25N. The molecule has 0 atom stereocenters. The second kappa shape index (κ2) is 7.81. The third-order valence-electron chi connectivity index (χ3n) is 5.32. The Kier molecular flexibility index (Phi) is 5.05. The number of rotatable bonds is 3. The molecule has 3 aromatic rings. The summed E-state index contributed by atoms with van der Waals surface area (Å²) in [5.74, 6) is 0. The quantitative estimate of drug-likeness (QED) is 0.487. The normalized spacial score (nSPS) is 17.4. The molecular weight excluding hydrogens is 350 g/mol. The van der Waals surface area contributed by atoms with Crippen molar-refractivity contribution in [3.05, 3.63) is 131 Å². The summed E-state index contributed by atoms with van der Waals surface area (Å²) in [4.78, 5) is 0. The molecule has 0 saturated carbocycles. The van der Waals surface area contributed by atoms with Gasteiger partial charge in [-0.05, 0) is 76.1 Å². The highest BCUT2D eigenvalue weighted by Crippen LogP contribution is 2.49. The number of allylic oxidation sites excluding steroid dienone is 6. The Labute approximate surface area is 173 Å². The Morgan fingerprint density at radius 2 is 1.52 bits per heavy atom. The molecule has 1 heteroatoms. The van der Waals surface area contributed by atoms with Crippen LogP contribution in [0.3, 0.4) is 0 Å². The maximum Gasteiger partial charge on any atom is 0.0322 e. The first kappa shape index (κ1) is 18.8. The van der Waals surface area contributed by atoms with Crippen LogP contribution in [0.4, 0.5) is 5.69 Å². The zero-order valence-electron chi connectivity index (χ0n) is 16.9. The van der Waals surface area contributed by atoms with E-state index in [9.17, 15) is 0 Å². The molecule has 1 aliphatic carbocycles. The van der Waals surface area contributed by atoms with Gasteiger partial charge in [-0.15, -0.1) is 0 Å². The lowest BCUT2D eigenvalue weighted by Gasteiger charge is -2.16. The predicted molar refractivity (Wildman–Crippen MR) is 126 cm³/mol. The Morgan fingerprint density at radius 3 is 2.17 bits per heavy atom. The minimum atomic E-state index is 0.782. The Bertz CT molecular complexity index is 1150. The van der Waals surface area contributed by atoms with Crippen LogP contribution in [0.2, 0.25) is 0 Å². The fourth-order valence-electron chi connectivity index (χ4n) is 4.24. The summed E-state index contributed by atoms with van der Waals surface area (Å²) < 4.78 is 0. The van der Waals surface area contributed by atoms with Crippen LogP contribution < -0.4 is 5.73 Å². The summed E-state index contributed by atoms with van der Waals surface area (Å²) in [6.07, 6.45) is 6.17. The van der Waals surface area contributed by atoms with E-state index in [1.165, 1.54) is 39.0 Å². The van der Waals surface area contributed by atoms with Crippen molar-refractivity contribution >= 4 is 22.4 Å². The number of benzene rings is 3. The van der Waals surface area contributed by atoms with Gasteiger partial charge in [-0.25, -0.2) is 0 Å². The average Bonchev–Trinajstić information content (AvgIpc) is 3.02. The lowest BCUT2D eigenvalue weighted by atomic mass is 9.87. The highest BCUT2D eigenvalue weighted by molar-refractivity contribution is 6.18. The molecule has 0 radical (unpaired) electrons. The predicted octanol–water partition coefficient (Wildman–Crippen LogP) is 7.07. The first-order chi connectivity index (χ1) is 14.1. The third kappa shape index (κ3) is 3.36. The molecule has 0 unspecified atom stereocenters. The van der Waals surface area contributed by atoms with Gasteiger partial charge in [0.1, 0.15) is 0 Å². The van der Waals surface area contributed by atoms with Crippen LogP contribution in [0, 0.1) is 6.92 Å². The molecule has 1 aliphatic rings. The van der Waals surface area contributed by atoms with E-state index in [2.05, 4.69) is 99.3 Å². The monoisotopic (exact) mass is 375 g/mol. The van der Waals surface area contributed by atoms with Crippen molar-refractivity contribution in [2.45, 2.75) is 13.8 Å². The van der Waals surface area contributed by atoms with Crippen LogP contribution in [0.15, 0.2) is 103 Å². The van der Waals surface area contributed by atoms with Gasteiger partial charge in [0, 0.05) is 5.69 Å². The molecule has 0 spiro atoms. The molecule has 0 fully saturated rings.